The zero-order chi connectivity index (χ0) is 23.8. The molecule has 0 aliphatic heterocycles. The van der Waals surface area contributed by atoms with E-state index in [0.717, 1.165) is 25.7 Å². The minimum Gasteiger partial charge on any atom is -0.494 e. The maximum Gasteiger partial charge on any atom is 0.279 e. The molecular formula is C27H30N4O3. The minimum absolute atomic E-state index is 0.107. The molecule has 3 aromatic rings. The molecule has 0 saturated heterocycles. The van der Waals surface area contributed by atoms with Crippen LogP contribution in [0, 0.1) is 0 Å². The first-order valence-corrected chi connectivity index (χ1v) is 11.8. The van der Waals surface area contributed by atoms with Gasteiger partial charge in [-0.2, -0.15) is 0 Å². The third-order valence-corrected chi connectivity index (χ3v) is 6.00. The van der Waals surface area contributed by atoms with Crippen molar-refractivity contribution >= 4 is 17.5 Å². The lowest BCUT2D eigenvalue weighted by Crippen LogP contribution is -2.47. The molecule has 0 unspecified atom stereocenters. The van der Waals surface area contributed by atoms with Crippen molar-refractivity contribution in [2.24, 2.45) is 0 Å². The van der Waals surface area contributed by atoms with Crippen LogP contribution >= 0.6 is 0 Å². The van der Waals surface area contributed by atoms with Crippen LogP contribution in [0.1, 0.15) is 61.1 Å². The monoisotopic (exact) mass is 458 g/mol. The zero-order valence-corrected chi connectivity index (χ0v) is 19.4. The van der Waals surface area contributed by atoms with Crippen molar-refractivity contribution in [1.29, 1.82) is 0 Å². The van der Waals surface area contributed by atoms with Gasteiger partial charge in [0, 0.05) is 24.1 Å². The van der Waals surface area contributed by atoms with E-state index in [0.29, 0.717) is 23.6 Å². The Morgan fingerprint density at radius 1 is 1.03 bits per heavy atom. The fourth-order valence-corrected chi connectivity index (χ4v) is 4.36. The van der Waals surface area contributed by atoms with Crippen LogP contribution < -0.4 is 15.0 Å². The van der Waals surface area contributed by atoms with Crippen LogP contribution in [0.3, 0.4) is 0 Å². The van der Waals surface area contributed by atoms with Crippen molar-refractivity contribution in [3.63, 3.8) is 0 Å². The van der Waals surface area contributed by atoms with E-state index in [1.165, 1.54) is 29.9 Å². The molecule has 1 aliphatic carbocycles. The predicted molar refractivity (Wildman–Crippen MR) is 131 cm³/mol. The van der Waals surface area contributed by atoms with Gasteiger partial charge in [-0.05, 0) is 49.6 Å². The van der Waals surface area contributed by atoms with Gasteiger partial charge in [0.25, 0.3) is 5.91 Å². The van der Waals surface area contributed by atoms with Gasteiger partial charge in [-0.3, -0.25) is 19.5 Å². The summed E-state index contributed by atoms with van der Waals surface area (Å²) in [5.41, 5.74) is 1.47. The van der Waals surface area contributed by atoms with E-state index >= 15 is 0 Å². The molecule has 1 fully saturated rings. The molecule has 1 saturated carbocycles. The summed E-state index contributed by atoms with van der Waals surface area (Å²) in [4.78, 5) is 37.3. The van der Waals surface area contributed by atoms with E-state index in [2.05, 4.69) is 15.3 Å². The lowest BCUT2D eigenvalue weighted by atomic mass is 9.94. The van der Waals surface area contributed by atoms with Crippen molar-refractivity contribution in [3.8, 4) is 5.75 Å². The smallest absolute Gasteiger partial charge is 0.279 e. The summed E-state index contributed by atoms with van der Waals surface area (Å²) >= 11 is 0. The Kier molecular flexibility index (Phi) is 7.86. The molecule has 2 aromatic carbocycles. The summed E-state index contributed by atoms with van der Waals surface area (Å²) in [6, 6.07) is 15.8. The highest BCUT2D eigenvalue weighted by Crippen LogP contribution is 2.31. The Morgan fingerprint density at radius 2 is 1.76 bits per heavy atom. The SMILES string of the molecule is CCOc1ccc([C@H](C(=O)NC2CCCCC2)N(C(=O)c2cnccn2)c2ccccc2)cc1. The molecule has 1 aliphatic rings. The maximum absolute atomic E-state index is 13.8. The summed E-state index contributed by atoms with van der Waals surface area (Å²) in [5, 5.41) is 3.21. The topological polar surface area (TPSA) is 84.4 Å². The molecule has 0 spiro atoms. The van der Waals surface area contributed by atoms with Crippen LogP contribution in [0.15, 0.2) is 73.2 Å². The number of nitrogens with zero attached hydrogens (tertiary/aromatic N) is 3. The molecule has 4 rings (SSSR count). The van der Waals surface area contributed by atoms with Gasteiger partial charge in [-0.1, -0.05) is 49.6 Å². The van der Waals surface area contributed by atoms with Crippen molar-refractivity contribution in [3.05, 3.63) is 84.4 Å². The molecule has 1 atom stereocenters. The Hall–Kier alpha value is -3.74. The normalized spacial score (nSPS) is 14.7. The van der Waals surface area contributed by atoms with Gasteiger partial charge < -0.3 is 10.1 Å². The van der Waals surface area contributed by atoms with E-state index in [1.54, 1.807) is 0 Å². The molecule has 0 bridgehead atoms. The van der Waals surface area contributed by atoms with Crippen LogP contribution in [-0.4, -0.2) is 34.4 Å². The van der Waals surface area contributed by atoms with E-state index in [1.807, 2.05) is 61.5 Å². The van der Waals surface area contributed by atoms with Crippen molar-refractivity contribution < 1.29 is 14.3 Å². The first kappa shape index (κ1) is 23.4. The van der Waals surface area contributed by atoms with Crippen molar-refractivity contribution in [2.75, 3.05) is 11.5 Å². The molecule has 7 heteroatoms. The first-order valence-electron chi connectivity index (χ1n) is 11.8. The first-order chi connectivity index (χ1) is 16.7. The summed E-state index contributed by atoms with van der Waals surface area (Å²) in [7, 11) is 0. The van der Waals surface area contributed by atoms with Gasteiger partial charge in [-0.25, -0.2) is 4.98 Å². The fraction of sp³-hybridized carbons (Fsp3) is 0.333. The Morgan fingerprint density at radius 3 is 2.41 bits per heavy atom. The number of hydrogen-bond donors (Lipinski definition) is 1. The average molecular weight is 459 g/mol. The number of carbonyl (C=O) groups excluding carboxylic acids is 2. The van der Waals surface area contributed by atoms with Crippen LogP contribution in [0.25, 0.3) is 0 Å². The quantitative estimate of drug-likeness (QED) is 0.528. The number of para-hydroxylation sites is 1. The van der Waals surface area contributed by atoms with Gasteiger partial charge in [0.2, 0.25) is 5.91 Å². The molecule has 1 aromatic heterocycles. The Bertz CT molecular complexity index is 1070. The van der Waals surface area contributed by atoms with Gasteiger partial charge in [0.15, 0.2) is 0 Å². The summed E-state index contributed by atoms with van der Waals surface area (Å²) in [5.74, 6) is 0.110. The maximum atomic E-state index is 13.8. The third-order valence-electron chi connectivity index (χ3n) is 6.00. The van der Waals surface area contributed by atoms with E-state index in [9.17, 15) is 9.59 Å². The number of ether oxygens (including phenoxy) is 1. The molecule has 1 heterocycles. The summed E-state index contributed by atoms with van der Waals surface area (Å²) in [6.45, 7) is 2.47. The average Bonchev–Trinajstić information content (AvgIpc) is 2.89. The zero-order valence-electron chi connectivity index (χ0n) is 19.4. The number of carbonyl (C=O) groups is 2. The predicted octanol–water partition coefficient (Wildman–Crippen LogP) is 4.71. The van der Waals surface area contributed by atoms with E-state index < -0.39 is 11.9 Å². The molecule has 2 amide bonds. The highest BCUT2D eigenvalue weighted by molar-refractivity contribution is 6.09. The van der Waals surface area contributed by atoms with E-state index in [4.69, 9.17) is 4.74 Å². The third kappa shape index (κ3) is 5.60. The fourth-order valence-electron chi connectivity index (χ4n) is 4.36. The number of amides is 2. The molecule has 1 N–H and O–H groups in total. The lowest BCUT2D eigenvalue weighted by molar-refractivity contribution is -0.123. The highest BCUT2D eigenvalue weighted by Gasteiger charge is 2.35. The summed E-state index contributed by atoms with van der Waals surface area (Å²) < 4.78 is 5.59. The summed E-state index contributed by atoms with van der Waals surface area (Å²) in [6.07, 6.45) is 9.70. The second kappa shape index (κ2) is 11.4. The second-order valence-electron chi connectivity index (χ2n) is 8.35. The number of hydrogen-bond acceptors (Lipinski definition) is 5. The number of nitrogens with one attached hydrogen (secondary N) is 1. The van der Waals surface area contributed by atoms with Gasteiger partial charge in [0.1, 0.15) is 17.5 Å². The van der Waals surface area contributed by atoms with Gasteiger partial charge >= 0.3 is 0 Å². The van der Waals surface area contributed by atoms with Crippen molar-refractivity contribution in [1.82, 2.24) is 15.3 Å². The molecule has 7 nitrogen and oxygen atoms in total. The van der Waals surface area contributed by atoms with E-state index in [-0.39, 0.29) is 17.6 Å². The lowest BCUT2D eigenvalue weighted by Gasteiger charge is -2.33. The minimum atomic E-state index is -0.880. The molecule has 34 heavy (non-hydrogen) atoms. The number of benzene rings is 2. The number of anilines is 1. The Balaban J connectivity index is 1.76. The van der Waals surface area contributed by atoms with Crippen LogP contribution in [0.5, 0.6) is 5.75 Å². The molecule has 0 radical (unpaired) electrons. The van der Waals surface area contributed by atoms with Gasteiger partial charge in [0.05, 0.1) is 12.8 Å². The van der Waals surface area contributed by atoms with Gasteiger partial charge in [-0.15, -0.1) is 0 Å². The van der Waals surface area contributed by atoms with Crippen LogP contribution in [-0.2, 0) is 4.79 Å². The molecular weight excluding hydrogens is 428 g/mol. The Labute approximate surface area is 200 Å². The molecule has 176 valence electrons. The number of aromatic nitrogens is 2. The van der Waals surface area contributed by atoms with Crippen LogP contribution in [0.2, 0.25) is 0 Å². The van der Waals surface area contributed by atoms with Crippen molar-refractivity contribution in [2.45, 2.75) is 51.1 Å². The van der Waals surface area contributed by atoms with Crippen LogP contribution in [0.4, 0.5) is 5.69 Å². The number of rotatable bonds is 8. The second-order valence-corrected chi connectivity index (χ2v) is 8.35. The largest absolute Gasteiger partial charge is 0.494 e. The highest BCUT2D eigenvalue weighted by atomic mass is 16.5. The standard InChI is InChI=1S/C27H30N4O3/c1-2-34-23-15-13-20(14-16-23)25(26(32)30-21-9-5-3-6-10-21)31(22-11-7-4-8-12-22)27(33)24-19-28-17-18-29-24/h4,7-8,11-19,21,25H,2-3,5-6,9-10H2,1H3,(H,30,32)/t25-/m1/s1.